The van der Waals surface area contributed by atoms with Crippen molar-refractivity contribution in [2.24, 2.45) is 5.10 Å². The molecule has 6 aromatic rings. The molecule has 0 saturated heterocycles. The number of nitrogens with zero attached hydrogens (tertiary/aromatic N) is 3. The fraction of sp³-hybridized carbons (Fsp3) is 0.0938. The zero-order chi connectivity index (χ0) is 30.1. The van der Waals surface area contributed by atoms with Gasteiger partial charge in [0.1, 0.15) is 12.2 Å². The Morgan fingerprint density at radius 3 is 2.58 bits per heavy atom. The first-order valence-electron chi connectivity index (χ1n) is 13.1. The van der Waals surface area contributed by atoms with Gasteiger partial charge in [0.25, 0.3) is 5.56 Å². The van der Waals surface area contributed by atoms with Gasteiger partial charge in [-0.15, -0.1) is 0 Å². The van der Waals surface area contributed by atoms with Gasteiger partial charge in [-0.1, -0.05) is 77.6 Å². The van der Waals surface area contributed by atoms with Gasteiger partial charge < -0.3 is 13.9 Å². The number of hydrogen-bond donors (Lipinski definition) is 0. The van der Waals surface area contributed by atoms with Crippen molar-refractivity contribution in [3.63, 3.8) is 0 Å². The van der Waals surface area contributed by atoms with Crippen LogP contribution in [0.1, 0.15) is 18.1 Å². The lowest BCUT2D eigenvalue weighted by Gasteiger charge is -2.15. The van der Waals surface area contributed by atoms with Gasteiger partial charge in [-0.05, 0) is 73.2 Å². The summed E-state index contributed by atoms with van der Waals surface area (Å²) in [5, 5.41) is 6.19. The van der Waals surface area contributed by atoms with E-state index in [2.05, 4.69) is 52.9 Å². The highest BCUT2D eigenvalue weighted by molar-refractivity contribution is 9.11. The number of rotatable bonds is 8. The molecule has 0 fully saturated rings. The van der Waals surface area contributed by atoms with Crippen LogP contribution in [0.5, 0.6) is 11.5 Å². The third-order valence-corrected chi connectivity index (χ3v) is 8.50. The first-order chi connectivity index (χ1) is 20.8. The lowest BCUT2D eigenvalue weighted by molar-refractivity contribution is 0.269. The maximum absolute atomic E-state index is 13.7. The highest BCUT2D eigenvalue weighted by atomic mass is 79.9. The fourth-order valence-electron chi connectivity index (χ4n) is 4.49. The maximum Gasteiger partial charge on any atom is 0.282 e. The number of fused-ring (bicyclic) bond motifs is 2. The Morgan fingerprint density at radius 1 is 0.977 bits per heavy atom. The minimum absolute atomic E-state index is 0.267. The summed E-state index contributed by atoms with van der Waals surface area (Å²) in [5.74, 6) is 1.54. The third kappa shape index (κ3) is 6.28. The Morgan fingerprint density at radius 2 is 1.77 bits per heavy atom. The number of hydrogen-bond acceptors (Lipinski definition) is 6. The minimum Gasteiger partial charge on any atom is -0.490 e. The molecule has 216 valence electrons. The van der Waals surface area contributed by atoms with Crippen molar-refractivity contribution < 1.29 is 13.9 Å². The van der Waals surface area contributed by atoms with E-state index in [9.17, 15) is 4.79 Å². The monoisotopic (exact) mass is 783 g/mol. The van der Waals surface area contributed by atoms with E-state index in [1.54, 1.807) is 30.3 Å². The molecular formula is C32H21Br3ClN3O4. The van der Waals surface area contributed by atoms with Crippen LogP contribution < -0.4 is 15.0 Å². The number of benzene rings is 4. The second-order valence-corrected chi connectivity index (χ2v) is 12.5. The first kappa shape index (κ1) is 29.6. The van der Waals surface area contributed by atoms with Gasteiger partial charge in [-0.25, -0.2) is 4.98 Å². The van der Waals surface area contributed by atoms with Crippen LogP contribution in [0.4, 0.5) is 0 Å². The smallest absolute Gasteiger partial charge is 0.282 e. The molecule has 0 spiro atoms. The molecule has 43 heavy (non-hydrogen) atoms. The van der Waals surface area contributed by atoms with Crippen LogP contribution in [-0.4, -0.2) is 22.5 Å². The molecule has 0 radical (unpaired) electrons. The lowest BCUT2D eigenvalue weighted by Crippen LogP contribution is -2.20. The predicted molar refractivity (Wildman–Crippen MR) is 181 cm³/mol. The van der Waals surface area contributed by atoms with Crippen LogP contribution in [-0.2, 0) is 6.61 Å². The molecule has 0 aliphatic carbocycles. The van der Waals surface area contributed by atoms with Crippen molar-refractivity contribution in [3.8, 4) is 23.1 Å². The van der Waals surface area contributed by atoms with Gasteiger partial charge in [0, 0.05) is 24.4 Å². The molecule has 6 rings (SSSR count). The Balaban J connectivity index is 1.40. The van der Waals surface area contributed by atoms with E-state index in [1.165, 1.54) is 10.9 Å². The van der Waals surface area contributed by atoms with Gasteiger partial charge in [0.2, 0.25) is 5.82 Å². The van der Waals surface area contributed by atoms with Crippen molar-refractivity contribution >= 4 is 87.5 Å². The van der Waals surface area contributed by atoms with Crippen LogP contribution in [0.3, 0.4) is 0 Å². The molecule has 0 saturated carbocycles. The van der Waals surface area contributed by atoms with Crippen LogP contribution >= 0.6 is 59.4 Å². The quantitative estimate of drug-likeness (QED) is 0.144. The van der Waals surface area contributed by atoms with Gasteiger partial charge in [-0.3, -0.25) is 4.79 Å². The highest BCUT2D eigenvalue weighted by Gasteiger charge is 2.18. The van der Waals surface area contributed by atoms with E-state index >= 15 is 0 Å². The summed E-state index contributed by atoms with van der Waals surface area (Å²) in [5.41, 5.74) is 2.41. The van der Waals surface area contributed by atoms with E-state index in [-0.39, 0.29) is 18.0 Å². The fourth-order valence-corrected chi connectivity index (χ4v) is 6.31. The first-order valence-corrected chi connectivity index (χ1v) is 15.8. The maximum atomic E-state index is 13.7. The van der Waals surface area contributed by atoms with Crippen molar-refractivity contribution in [1.82, 2.24) is 9.66 Å². The van der Waals surface area contributed by atoms with E-state index in [0.29, 0.717) is 50.9 Å². The molecule has 2 aromatic heterocycles. The summed E-state index contributed by atoms with van der Waals surface area (Å²) < 4.78 is 22.1. The zero-order valence-corrected chi connectivity index (χ0v) is 28.0. The van der Waals surface area contributed by atoms with Gasteiger partial charge in [0.05, 0.1) is 28.7 Å². The molecule has 4 aromatic carbocycles. The summed E-state index contributed by atoms with van der Waals surface area (Å²) in [7, 11) is 0. The zero-order valence-electron chi connectivity index (χ0n) is 22.5. The highest BCUT2D eigenvalue weighted by Crippen LogP contribution is 2.38. The topological polar surface area (TPSA) is 78.9 Å². The summed E-state index contributed by atoms with van der Waals surface area (Å²) in [6.45, 7) is 2.55. The van der Waals surface area contributed by atoms with Crippen LogP contribution in [0.15, 0.2) is 107 Å². The second kappa shape index (κ2) is 12.7. The normalized spacial score (nSPS) is 11.6. The Labute approximate surface area is 276 Å². The van der Waals surface area contributed by atoms with Crippen LogP contribution in [0.2, 0.25) is 5.02 Å². The van der Waals surface area contributed by atoms with E-state index in [4.69, 9.17) is 30.5 Å². The van der Waals surface area contributed by atoms with Crippen molar-refractivity contribution in [3.05, 3.63) is 119 Å². The van der Waals surface area contributed by atoms with Gasteiger partial charge in [-0.2, -0.15) is 9.78 Å². The Hall–Kier alpha value is -3.44. The number of furan rings is 1. The van der Waals surface area contributed by atoms with Crippen molar-refractivity contribution in [1.29, 1.82) is 0 Å². The molecule has 11 heteroatoms. The summed E-state index contributed by atoms with van der Waals surface area (Å²) in [6.07, 6.45) is 1.53. The van der Waals surface area contributed by atoms with Crippen molar-refractivity contribution in [2.75, 3.05) is 6.61 Å². The lowest BCUT2D eigenvalue weighted by atomic mass is 10.2. The van der Waals surface area contributed by atoms with Gasteiger partial charge in [0.15, 0.2) is 17.3 Å². The van der Waals surface area contributed by atoms with E-state index in [0.717, 1.165) is 24.4 Å². The minimum atomic E-state index is -0.338. The SMILES string of the molecule is CCOc1cc(C=Nn2c(-c3cc4cc(Br)ccc4o3)nc3ccccc3c2=O)cc(Cl)c1OCc1ccc(Br)cc1Br. The molecule has 0 aliphatic heterocycles. The van der Waals surface area contributed by atoms with Gasteiger partial charge >= 0.3 is 0 Å². The second-order valence-electron chi connectivity index (χ2n) is 9.39. The molecule has 0 atom stereocenters. The average molecular weight is 787 g/mol. The largest absolute Gasteiger partial charge is 0.490 e. The summed E-state index contributed by atoms with van der Waals surface area (Å²) in [6, 6.07) is 24.0. The standard InChI is InChI=1S/C32H21Br3ClN3O4/c1-2-41-28-12-18(11-25(36)30(28)42-17-19-7-8-22(34)15-24(19)35)16-37-39-31(38-26-6-4-3-5-23(26)32(39)40)29-14-20-13-21(33)9-10-27(20)43-29/h3-16H,2,17H2,1H3. The summed E-state index contributed by atoms with van der Waals surface area (Å²) >= 11 is 17.2. The molecular weight excluding hydrogens is 766 g/mol. The number of para-hydroxylation sites is 1. The van der Waals surface area contributed by atoms with Crippen LogP contribution in [0, 0.1) is 0 Å². The van der Waals surface area contributed by atoms with Crippen molar-refractivity contribution in [2.45, 2.75) is 13.5 Å². The average Bonchev–Trinajstić information content (AvgIpc) is 3.40. The molecule has 7 nitrogen and oxygen atoms in total. The number of aromatic nitrogens is 2. The Bertz CT molecular complexity index is 2090. The molecule has 0 N–H and O–H groups in total. The predicted octanol–water partition coefficient (Wildman–Crippen LogP) is 9.61. The number of ether oxygens (including phenoxy) is 2. The van der Waals surface area contributed by atoms with Crippen LogP contribution in [0.25, 0.3) is 33.5 Å². The van der Waals surface area contributed by atoms with E-state index < -0.39 is 0 Å². The number of halogens is 4. The molecule has 2 heterocycles. The van der Waals surface area contributed by atoms with E-state index in [1.807, 2.05) is 55.5 Å². The molecule has 0 unspecified atom stereocenters. The summed E-state index contributed by atoms with van der Waals surface area (Å²) in [4.78, 5) is 18.4. The molecule has 0 amide bonds. The molecule has 0 aliphatic rings. The molecule has 0 bridgehead atoms. The third-order valence-electron chi connectivity index (χ3n) is 6.49. The Kier molecular flexibility index (Phi) is 8.72.